The third-order valence-electron chi connectivity index (χ3n) is 3.96. The van der Waals surface area contributed by atoms with Gasteiger partial charge in [0.2, 0.25) is 0 Å². The fraction of sp³-hybridized carbons (Fsp3) is 0.786. The van der Waals surface area contributed by atoms with E-state index in [0.717, 1.165) is 38.1 Å². The van der Waals surface area contributed by atoms with Gasteiger partial charge in [-0.2, -0.15) is 5.10 Å². The first-order chi connectivity index (χ1) is 8.55. The van der Waals surface area contributed by atoms with E-state index in [-0.39, 0.29) is 5.41 Å². The minimum atomic E-state index is 0.278. The van der Waals surface area contributed by atoms with Crippen molar-refractivity contribution in [3.8, 4) is 0 Å². The quantitative estimate of drug-likeness (QED) is 0.874. The molecule has 0 bridgehead atoms. The Hall–Kier alpha value is -1.03. The van der Waals surface area contributed by atoms with Crippen molar-refractivity contribution >= 4 is 5.69 Å². The number of hydrogen-bond acceptors (Lipinski definition) is 3. The molecule has 18 heavy (non-hydrogen) atoms. The largest absolute Gasteiger partial charge is 0.385 e. The third-order valence-corrected chi connectivity index (χ3v) is 3.96. The second-order valence-electron chi connectivity index (χ2n) is 5.93. The van der Waals surface area contributed by atoms with Crippen LogP contribution in [0.3, 0.4) is 0 Å². The number of rotatable bonds is 5. The molecule has 1 aliphatic heterocycles. The Morgan fingerprint density at radius 3 is 3.00 bits per heavy atom. The monoisotopic (exact) mass is 251 g/mol. The van der Waals surface area contributed by atoms with Crippen LogP contribution < -0.4 is 5.32 Å². The van der Waals surface area contributed by atoms with Crippen LogP contribution in [-0.2, 0) is 17.7 Å². The van der Waals surface area contributed by atoms with E-state index in [1.54, 1.807) is 0 Å². The maximum atomic E-state index is 6.06. The molecule has 102 valence electrons. The van der Waals surface area contributed by atoms with Crippen molar-refractivity contribution in [1.29, 1.82) is 0 Å². The number of anilines is 1. The van der Waals surface area contributed by atoms with Crippen LogP contribution in [0.2, 0.25) is 0 Å². The maximum absolute atomic E-state index is 6.06. The molecule has 1 aromatic rings. The number of aromatic nitrogens is 2. The van der Waals surface area contributed by atoms with E-state index >= 15 is 0 Å². The summed E-state index contributed by atoms with van der Waals surface area (Å²) in [6.45, 7) is 8.46. The lowest BCUT2D eigenvalue weighted by Crippen LogP contribution is -2.31. The topological polar surface area (TPSA) is 39.1 Å². The Morgan fingerprint density at radius 1 is 1.56 bits per heavy atom. The first kappa shape index (κ1) is 13.4. The van der Waals surface area contributed by atoms with Gasteiger partial charge in [0, 0.05) is 7.05 Å². The zero-order chi connectivity index (χ0) is 13.2. The lowest BCUT2D eigenvalue weighted by Gasteiger charge is -2.29. The predicted molar refractivity (Wildman–Crippen MR) is 73.9 cm³/mol. The molecule has 4 heteroatoms. The summed E-state index contributed by atoms with van der Waals surface area (Å²) in [6.07, 6.45) is 5.52. The minimum Gasteiger partial charge on any atom is -0.385 e. The summed E-state index contributed by atoms with van der Waals surface area (Å²) in [5, 5.41) is 7.61. The maximum Gasteiger partial charge on any atom is 0.0775 e. The molecule has 4 nitrogen and oxygen atoms in total. The molecule has 1 N–H and O–H groups in total. The van der Waals surface area contributed by atoms with Crippen LogP contribution in [0.1, 0.15) is 39.3 Å². The Kier molecular flexibility index (Phi) is 3.95. The third kappa shape index (κ3) is 2.86. The van der Waals surface area contributed by atoms with Gasteiger partial charge in [0.05, 0.1) is 36.8 Å². The summed E-state index contributed by atoms with van der Waals surface area (Å²) >= 11 is 0. The Bertz CT molecular complexity index is 398. The van der Waals surface area contributed by atoms with Crippen molar-refractivity contribution in [3.63, 3.8) is 0 Å². The predicted octanol–water partition coefficient (Wildman–Crippen LogP) is 2.69. The molecule has 0 aromatic carbocycles. The van der Waals surface area contributed by atoms with Gasteiger partial charge in [-0.1, -0.05) is 20.8 Å². The number of fused-ring (bicyclic) bond motifs is 1. The van der Waals surface area contributed by atoms with E-state index in [9.17, 15) is 0 Å². The van der Waals surface area contributed by atoms with Crippen LogP contribution in [-0.4, -0.2) is 29.5 Å². The van der Waals surface area contributed by atoms with Gasteiger partial charge in [-0.05, 0) is 24.7 Å². The number of ether oxygens (including phenoxy) is 1. The minimum absolute atomic E-state index is 0.278. The molecule has 1 atom stereocenters. The molecule has 1 aliphatic rings. The molecule has 0 amide bonds. The number of hydrogen-bond donors (Lipinski definition) is 1. The van der Waals surface area contributed by atoms with Crippen molar-refractivity contribution in [3.05, 3.63) is 11.9 Å². The fourth-order valence-electron chi connectivity index (χ4n) is 2.20. The highest BCUT2D eigenvalue weighted by atomic mass is 16.5. The number of nitrogens with zero attached hydrogens (tertiary/aromatic N) is 2. The molecule has 2 heterocycles. The summed E-state index contributed by atoms with van der Waals surface area (Å²) in [4.78, 5) is 0. The second-order valence-corrected chi connectivity index (χ2v) is 5.93. The van der Waals surface area contributed by atoms with Crippen LogP contribution in [0.15, 0.2) is 6.20 Å². The van der Waals surface area contributed by atoms with Gasteiger partial charge in [-0.3, -0.25) is 4.68 Å². The lowest BCUT2D eigenvalue weighted by atomic mass is 9.91. The zero-order valence-corrected chi connectivity index (χ0v) is 12.0. The van der Waals surface area contributed by atoms with Gasteiger partial charge in [-0.25, -0.2) is 0 Å². The van der Waals surface area contributed by atoms with Crippen molar-refractivity contribution in [2.75, 3.05) is 19.0 Å². The first-order valence-corrected chi connectivity index (χ1v) is 6.90. The Morgan fingerprint density at radius 2 is 2.33 bits per heavy atom. The molecule has 1 unspecified atom stereocenters. The molecular formula is C14H25N3O. The summed E-state index contributed by atoms with van der Waals surface area (Å²) < 4.78 is 8.14. The number of nitrogens with one attached hydrogen (secondary N) is 1. The standard InChI is InChI=1S/C14H25N3O/c1-5-14(2,3)10-18-11-6-7-13-12(15-4)8-16-17(13)9-11/h8,11,15H,5-7,9-10H2,1-4H3. The van der Waals surface area contributed by atoms with Crippen LogP contribution in [0.4, 0.5) is 5.69 Å². The Balaban J connectivity index is 1.92. The fourth-order valence-corrected chi connectivity index (χ4v) is 2.20. The SMILES string of the molecule is CCC(C)(C)COC1CCc2c(NC)cnn2C1. The molecule has 0 radical (unpaired) electrons. The van der Waals surface area contributed by atoms with E-state index in [4.69, 9.17) is 4.74 Å². The second kappa shape index (κ2) is 5.31. The smallest absolute Gasteiger partial charge is 0.0775 e. The van der Waals surface area contributed by atoms with E-state index < -0.39 is 0 Å². The highest BCUT2D eigenvalue weighted by Gasteiger charge is 2.24. The van der Waals surface area contributed by atoms with Crippen molar-refractivity contribution in [1.82, 2.24) is 9.78 Å². The average Bonchev–Trinajstić information content (AvgIpc) is 2.78. The molecular weight excluding hydrogens is 226 g/mol. The highest BCUT2D eigenvalue weighted by molar-refractivity contribution is 5.46. The molecule has 0 fully saturated rings. The van der Waals surface area contributed by atoms with Crippen LogP contribution in [0.5, 0.6) is 0 Å². The average molecular weight is 251 g/mol. The van der Waals surface area contributed by atoms with E-state index in [2.05, 4.69) is 35.9 Å². The molecule has 0 saturated heterocycles. The van der Waals surface area contributed by atoms with E-state index in [1.807, 2.05) is 13.2 Å². The van der Waals surface area contributed by atoms with Gasteiger partial charge in [0.1, 0.15) is 0 Å². The first-order valence-electron chi connectivity index (χ1n) is 6.90. The summed E-state index contributed by atoms with van der Waals surface area (Å²) in [5.41, 5.74) is 2.75. The van der Waals surface area contributed by atoms with Crippen molar-refractivity contribution in [2.24, 2.45) is 5.41 Å². The van der Waals surface area contributed by atoms with E-state index in [1.165, 1.54) is 5.69 Å². The van der Waals surface area contributed by atoms with Gasteiger partial charge in [-0.15, -0.1) is 0 Å². The summed E-state index contributed by atoms with van der Waals surface area (Å²) in [5.74, 6) is 0. The molecule has 0 saturated carbocycles. The van der Waals surface area contributed by atoms with Crippen LogP contribution in [0.25, 0.3) is 0 Å². The molecule has 0 spiro atoms. The van der Waals surface area contributed by atoms with Gasteiger partial charge >= 0.3 is 0 Å². The van der Waals surface area contributed by atoms with Crippen LogP contribution >= 0.6 is 0 Å². The van der Waals surface area contributed by atoms with Crippen LogP contribution in [0, 0.1) is 5.41 Å². The Labute approximate surface area is 110 Å². The highest BCUT2D eigenvalue weighted by Crippen LogP contribution is 2.26. The molecule has 1 aromatic heterocycles. The van der Waals surface area contributed by atoms with Crippen molar-refractivity contribution in [2.45, 2.75) is 52.7 Å². The molecule has 2 rings (SSSR count). The lowest BCUT2D eigenvalue weighted by molar-refractivity contribution is -0.0179. The van der Waals surface area contributed by atoms with Gasteiger partial charge < -0.3 is 10.1 Å². The summed E-state index contributed by atoms with van der Waals surface area (Å²) in [7, 11) is 1.95. The van der Waals surface area contributed by atoms with E-state index in [0.29, 0.717) is 6.10 Å². The summed E-state index contributed by atoms with van der Waals surface area (Å²) in [6, 6.07) is 0. The zero-order valence-electron chi connectivity index (χ0n) is 12.0. The molecule has 0 aliphatic carbocycles. The normalized spacial score (nSPS) is 19.7. The van der Waals surface area contributed by atoms with Gasteiger partial charge in [0.25, 0.3) is 0 Å². The van der Waals surface area contributed by atoms with Crippen molar-refractivity contribution < 1.29 is 4.74 Å². The van der Waals surface area contributed by atoms with Gasteiger partial charge in [0.15, 0.2) is 0 Å².